The van der Waals surface area contributed by atoms with Crippen molar-refractivity contribution in [1.82, 2.24) is 19.2 Å². The van der Waals surface area contributed by atoms with Crippen molar-refractivity contribution in [3.63, 3.8) is 0 Å². The largest absolute Gasteiger partial charge is 0.481 e. The Morgan fingerprint density at radius 3 is 2.70 bits per heavy atom. The molecule has 2 fully saturated rings. The maximum atomic E-state index is 12.9. The number of aromatic nitrogens is 3. The minimum atomic E-state index is -0.733. The van der Waals surface area contributed by atoms with Gasteiger partial charge in [-0.15, -0.1) is 0 Å². The van der Waals surface area contributed by atoms with Gasteiger partial charge >= 0.3 is 5.97 Å². The second-order valence-electron chi connectivity index (χ2n) is 6.33. The molecule has 1 aliphatic heterocycles. The Balaban J connectivity index is 1.58. The van der Waals surface area contributed by atoms with Gasteiger partial charge in [0, 0.05) is 32.5 Å². The van der Waals surface area contributed by atoms with E-state index in [0.717, 1.165) is 12.2 Å². The van der Waals surface area contributed by atoms with Crippen LogP contribution in [-0.4, -0.2) is 49.3 Å². The van der Waals surface area contributed by atoms with Crippen molar-refractivity contribution in [2.24, 2.45) is 24.8 Å². The molecule has 0 spiro atoms. The molecule has 120 valence electrons. The lowest BCUT2D eigenvalue weighted by Crippen LogP contribution is -2.37. The van der Waals surface area contributed by atoms with Crippen LogP contribution in [-0.2, 0) is 11.8 Å². The summed E-state index contributed by atoms with van der Waals surface area (Å²) in [6.45, 7) is 1.14. The van der Waals surface area contributed by atoms with Crippen LogP contribution in [0.1, 0.15) is 16.8 Å². The molecule has 1 amide bonds. The summed E-state index contributed by atoms with van der Waals surface area (Å²) >= 11 is 0. The summed E-state index contributed by atoms with van der Waals surface area (Å²) in [7, 11) is 1.81. The summed E-state index contributed by atoms with van der Waals surface area (Å²) in [5.41, 5.74) is 0.551. The molecule has 3 atom stereocenters. The molecular weight excluding hydrogens is 296 g/mol. The van der Waals surface area contributed by atoms with Crippen LogP contribution in [0, 0.1) is 17.8 Å². The lowest BCUT2D eigenvalue weighted by atomic mass is 10.1. The van der Waals surface area contributed by atoms with Gasteiger partial charge in [-0.05, 0) is 30.4 Å². The summed E-state index contributed by atoms with van der Waals surface area (Å²) in [5, 5.41) is 13.4. The molecule has 1 saturated carbocycles. The van der Waals surface area contributed by atoms with Gasteiger partial charge in [0.2, 0.25) is 0 Å². The van der Waals surface area contributed by atoms with Crippen LogP contribution in [0.3, 0.4) is 0 Å². The van der Waals surface area contributed by atoms with E-state index in [0.29, 0.717) is 18.7 Å². The van der Waals surface area contributed by atoms with Crippen LogP contribution >= 0.6 is 0 Å². The first kappa shape index (κ1) is 14.0. The minimum Gasteiger partial charge on any atom is -0.481 e. The molecule has 1 N–H and O–H groups in total. The molecule has 0 aromatic carbocycles. The van der Waals surface area contributed by atoms with E-state index in [1.165, 1.54) is 0 Å². The Bertz CT molecular complexity index is 764. The van der Waals surface area contributed by atoms with Crippen LogP contribution in [0.5, 0.6) is 0 Å². The monoisotopic (exact) mass is 314 g/mol. The Hall–Kier alpha value is -2.57. The Morgan fingerprint density at radius 2 is 2.00 bits per heavy atom. The maximum absolute atomic E-state index is 12.9. The van der Waals surface area contributed by atoms with Gasteiger partial charge in [-0.1, -0.05) is 0 Å². The average molecular weight is 314 g/mol. The Labute approximate surface area is 133 Å². The zero-order valence-corrected chi connectivity index (χ0v) is 12.8. The number of carboxylic acid groups (broad SMARTS) is 1. The summed E-state index contributed by atoms with van der Waals surface area (Å²) in [5.74, 6) is 0.00425. The molecule has 1 aliphatic carbocycles. The Kier molecular flexibility index (Phi) is 3.04. The van der Waals surface area contributed by atoms with E-state index in [1.54, 1.807) is 22.8 Å². The lowest BCUT2D eigenvalue weighted by molar-refractivity contribution is -0.139. The summed E-state index contributed by atoms with van der Waals surface area (Å²) < 4.78 is 3.54. The predicted molar refractivity (Wildman–Crippen MR) is 81.2 cm³/mol. The second kappa shape index (κ2) is 4.97. The summed E-state index contributed by atoms with van der Waals surface area (Å²) in [6, 6.07) is 3.79. The molecule has 1 saturated heterocycles. The number of amides is 1. The standard InChI is InChI=1S/C16H18N4O3/c1-18-14(19-5-2-3-6-19)11(8-17-18)15(21)20-7-4-10-12(9-20)13(10)16(22)23/h2-3,5-6,8,10,12-13H,4,7,9H2,1H3,(H,22,23)/t10-,12+,13-/m0/s1. The molecule has 3 heterocycles. The van der Waals surface area contributed by atoms with Crippen molar-refractivity contribution in [2.45, 2.75) is 6.42 Å². The van der Waals surface area contributed by atoms with Crippen molar-refractivity contribution >= 4 is 11.9 Å². The number of hydrogen-bond donors (Lipinski definition) is 1. The molecule has 7 nitrogen and oxygen atoms in total. The first-order chi connectivity index (χ1) is 11.1. The number of fused-ring (bicyclic) bond motifs is 1. The van der Waals surface area contributed by atoms with Crippen LogP contribution < -0.4 is 0 Å². The van der Waals surface area contributed by atoms with E-state index in [4.69, 9.17) is 0 Å². The van der Waals surface area contributed by atoms with Gasteiger partial charge in [0.25, 0.3) is 5.91 Å². The molecule has 7 heteroatoms. The minimum absolute atomic E-state index is 0.0729. The van der Waals surface area contributed by atoms with E-state index >= 15 is 0 Å². The number of carbonyl (C=O) groups is 2. The number of carbonyl (C=O) groups excluding carboxylic acids is 1. The molecule has 2 aliphatic rings. The first-order valence-electron chi connectivity index (χ1n) is 7.75. The fraction of sp³-hybridized carbons (Fsp3) is 0.438. The normalized spacial score (nSPS) is 26.0. The highest BCUT2D eigenvalue weighted by Gasteiger charge is 2.57. The van der Waals surface area contributed by atoms with Gasteiger partial charge in [-0.2, -0.15) is 5.10 Å². The van der Waals surface area contributed by atoms with Gasteiger partial charge in [-0.25, -0.2) is 0 Å². The van der Waals surface area contributed by atoms with Crippen LogP contribution in [0.2, 0.25) is 0 Å². The van der Waals surface area contributed by atoms with Crippen molar-refractivity contribution in [1.29, 1.82) is 0 Å². The molecular formula is C16H18N4O3. The SMILES string of the molecule is Cn1ncc(C(=O)N2CC[C@H]3[C@@H](C2)[C@H]3C(=O)O)c1-n1cccc1. The van der Waals surface area contributed by atoms with E-state index in [1.807, 2.05) is 29.1 Å². The zero-order chi connectivity index (χ0) is 16.1. The predicted octanol–water partition coefficient (Wildman–Crippen LogP) is 1.00. The maximum Gasteiger partial charge on any atom is 0.307 e. The highest BCUT2D eigenvalue weighted by Crippen LogP contribution is 2.51. The highest BCUT2D eigenvalue weighted by atomic mass is 16.4. The van der Waals surface area contributed by atoms with Crippen molar-refractivity contribution in [2.75, 3.05) is 13.1 Å². The number of carboxylic acids is 1. The summed E-state index contributed by atoms with van der Waals surface area (Å²) in [4.78, 5) is 25.8. The van der Waals surface area contributed by atoms with Gasteiger partial charge in [0.05, 0.1) is 12.1 Å². The Morgan fingerprint density at radius 1 is 1.26 bits per heavy atom. The molecule has 23 heavy (non-hydrogen) atoms. The number of rotatable bonds is 3. The smallest absolute Gasteiger partial charge is 0.307 e. The third kappa shape index (κ3) is 2.15. The highest BCUT2D eigenvalue weighted by molar-refractivity contribution is 5.97. The van der Waals surface area contributed by atoms with Crippen LogP contribution in [0.15, 0.2) is 30.7 Å². The third-order valence-electron chi connectivity index (χ3n) is 5.05. The number of piperidine rings is 1. The van der Waals surface area contributed by atoms with E-state index in [2.05, 4.69) is 5.10 Å². The molecule has 2 aromatic heterocycles. The van der Waals surface area contributed by atoms with E-state index < -0.39 is 5.97 Å². The van der Waals surface area contributed by atoms with Gasteiger partial charge in [0.15, 0.2) is 0 Å². The molecule has 0 unspecified atom stereocenters. The van der Waals surface area contributed by atoms with Crippen LogP contribution in [0.25, 0.3) is 5.82 Å². The van der Waals surface area contributed by atoms with Gasteiger partial charge in [0.1, 0.15) is 11.4 Å². The van der Waals surface area contributed by atoms with Crippen molar-refractivity contribution in [3.8, 4) is 5.82 Å². The number of aryl methyl sites for hydroxylation is 1. The van der Waals surface area contributed by atoms with Crippen molar-refractivity contribution in [3.05, 3.63) is 36.3 Å². The summed E-state index contributed by atoms with van der Waals surface area (Å²) in [6.07, 6.45) is 6.11. The van der Waals surface area contributed by atoms with Crippen LogP contribution in [0.4, 0.5) is 0 Å². The number of nitrogens with zero attached hydrogens (tertiary/aromatic N) is 4. The van der Waals surface area contributed by atoms with E-state index in [-0.39, 0.29) is 23.7 Å². The molecule has 4 rings (SSSR count). The van der Waals surface area contributed by atoms with Gasteiger partial charge in [-0.3, -0.25) is 14.3 Å². The quantitative estimate of drug-likeness (QED) is 0.916. The second-order valence-corrected chi connectivity index (χ2v) is 6.33. The fourth-order valence-corrected chi connectivity index (χ4v) is 3.82. The third-order valence-corrected chi connectivity index (χ3v) is 5.05. The molecule has 0 bridgehead atoms. The topological polar surface area (TPSA) is 80.4 Å². The lowest BCUT2D eigenvalue weighted by Gasteiger charge is -2.26. The first-order valence-corrected chi connectivity index (χ1v) is 7.75. The molecule has 0 radical (unpaired) electrons. The van der Waals surface area contributed by atoms with E-state index in [9.17, 15) is 14.7 Å². The molecule has 2 aromatic rings. The van der Waals surface area contributed by atoms with Gasteiger partial charge < -0.3 is 14.6 Å². The van der Waals surface area contributed by atoms with Crippen molar-refractivity contribution < 1.29 is 14.7 Å². The fourth-order valence-electron chi connectivity index (χ4n) is 3.82. The zero-order valence-electron chi connectivity index (χ0n) is 12.8. The average Bonchev–Trinajstić information content (AvgIpc) is 2.83. The number of hydrogen-bond acceptors (Lipinski definition) is 3. The number of likely N-dealkylation sites (tertiary alicyclic amines) is 1. The number of aliphatic carboxylic acids is 1.